The Hall–Kier alpha value is -6.72. The number of hydrogen-bond donors (Lipinski definition) is 0. The quantitative estimate of drug-likeness (QED) is 0.270. The number of aromatic nitrogens is 2. The SMILES string of the molecule is [C-]#[N+]C([N+]#[C-])=C1C(F)=C([N+]#[C-])c2c1c(-c1ccccn1)c1c(c2-c2ccccn2)C(=C(C#N)C#N)C(F)=C1C#N. The van der Waals surface area contributed by atoms with Crippen molar-refractivity contribution in [1.29, 1.82) is 15.8 Å². The Morgan fingerprint density at radius 2 is 1.25 bits per heavy atom. The topological polar surface area (TPSA) is 110 Å². The van der Waals surface area contributed by atoms with Gasteiger partial charge in [-0.15, -0.1) is 0 Å². The summed E-state index contributed by atoms with van der Waals surface area (Å²) in [7, 11) is 0. The maximum absolute atomic E-state index is 16.1. The molecule has 182 valence electrons. The molecule has 2 aromatic heterocycles. The molecule has 10 heteroatoms. The maximum Gasteiger partial charge on any atom is 0.528 e. The van der Waals surface area contributed by atoms with Crippen molar-refractivity contribution < 1.29 is 8.78 Å². The van der Waals surface area contributed by atoms with E-state index < -0.39 is 45.5 Å². The van der Waals surface area contributed by atoms with E-state index in [0.717, 1.165) is 0 Å². The van der Waals surface area contributed by atoms with Crippen LogP contribution in [0.25, 0.3) is 59.5 Å². The van der Waals surface area contributed by atoms with Crippen molar-refractivity contribution in [2.45, 2.75) is 0 Å². The summed E-state index contributed by atoms with van der Waals surface area (Å²) in [5.74, 6) is -3.00. The highest BCUT2D eigenvalue weighted by Gasteiger charge is 2.45. The van der Waals surface area contributed by atoms with Gasteiger partial charge in [-0.05, 0) is 29.8 Å². The average Bonchev–Trinajstić information content (AvgIpc) is 3.44. The Labute approximate surface area is 226 Å². The Balaban J connectivity index is 2.23. The molecule has 0 saturated heterocycles. The minimum Gasteiger partial charge on any atom is -0.256 e. The molecular formula is C30H8F2N8. The zero-order chi connectivity index (χ0) is 28.6. The third-order valence-corrected chi connectivity index (χ3v) is 6.33. The Bertz CT molecular complexity index is 1880. The molecule has 0 N–H and O–H groups in total. The molecule has 40 heavy (non-hydrogen) atoms. The zero-order valence-electron chi connectivity index (χ0n) is 20.0. The fraction of sp³-hybridized carbons (Fsp3) is 0. The predicted molar refractivity (Wildman–Crippen MR) is 139 cm³/mol. The fourth-order valence-corrected chi connectivity index (χ4v) is 4.88. The first kappa shape index (κ1) is 25.0. The van der Waals surface area contributed by atoms with Gasteiger partial charge in [0.15, 0.2) is 5.83 Å². The Kier molecular flexibility index (Phi) is 6.00. The van der Waals surface area contributed by atoms with Gasteiger partial charge in [-0.1, -0.05) is 12.1 Å². The summed E-state index contributed by atoms with van der Waals surface area (Å²) in [6, 6.07) is 14.5. The van der Waals surface area contributed by atoms with Crippen LogP contribution in [-0.4, -0.2) is 9.97 Å². The lowest BCUT2D eigenvalue weighted by Crippen LogP contribution is -2.05. The van der Waals surface area contributed by atoms with E-state index in [1.165, 1.54) is 24.5 Å². The van der Waals surface area contributed by atoms with E-state index in [2.05, 4.69) is 24.5 Å². The van der Waals surface area contributed by atoms with Gasteiger partial charge in [0.1, 0.15) is 48.3 Å². The first-order valence-electron chi connectivity index (χ1n) is 11.2. The van der Waals surface area contributed by atoms with Crippen molar-refractivity contribution in [3.63, 3.8) is 0 Å². The second-order valence-electron chi connectivity index (χ2n) is 8.15. The number of rotatable bonds is 2. The predicted octanol–water partition coefficient (Wildman–Crippen LogP) is 6.91. The number of benzene rings is 1. The van der Waals surface area contributed by atoms with Crippen molar-refractivity contribution in [2.24, 2.45) is 0 Å². The van der Waals surface area contributed by atoms with Crippen LogP contribution in [0.3, 0.4) is 0 Å². The smallest absolute Gasteiger partial charge is 0.256 e. The van der Waals surface area contributed by atoms with E-state index in [-0.39, 0.29) is 44.8 Å². The molecule has 0 amide bonds. The number of fused-ring (bicyclic) bond motifs is 2. The Morgan fingerprint density at radius 1 is 0.700 bits per heavy atom. The van der Waals surface area contributed by atoms with Crippen LogP contribution >= 0.6 is 0 Å². The van der Waals surface area contributed by atoms with Crippen molar-refractivity contribution in [3.05, 3.63) is 128 Å². The van der Waals surface area contributed by atoms with Crippen LogP contribution in [0.5, 0.6) is 0 Å². The lowest BCUT2D eigenvalue weighted by molar-refractivity contribution is 0.680. The fourth-order valence-electron chi connectivity index (χ4n) is 4.88. The molecule has 5 rings (SSSR count). The zero-order valence-corrected chi connectivity index (χ0v) is 20.0. The summed E-state index contributed by atoms with van der Waals surface area (Å²) < 4.78 is 32.2. The van der Waals surface area contributed by atoms with Gasteiger partial charge in [0.05, 0.1) is 23.5 Å². The highest BCUT2D eigenvalue weighted by Crippen LogP contribution is 2.59. The van der Waals surface area contributed by atoms with Gasteiger partial charge in [-0.25, -0.2) is 13.6 Å². The molecule has 8 nitrogen and oxygen atoms in total. The van der Waals surface area contributed by atoms with Crippen LogP contribution in [-0.2, 0) is 0 Å². The van der Waals surface area contributed by atoms with Gasteiger partial charge in [0, 0.05) is 45.8 Å². The summed E-state index contributed by atoms with van der Waals surface area (Å²) in [6.45, 7) is 22.9. The van der Waals surface area contributed by atoms with Crippen LogP contribution in [0.1, 0.15) is 22.3 Å². The first-order valence-corrected chi connectivity index (χ1v) is 11.2. The van der Waals surface area contributed by atoms with Gasteiger partial charge in [-0.2, -0.15) is 25.5 Å². The summed E-state index contributed by atoms with van der Waals surface area (Å²) in [5.41, 5.74) is -3.09. The minimum absolute atomic E-state index is 0.0317. The third kappa shape index (κ3) is 3.30. The van der Waals surface area contributed by atoms with Gasteiger partial charge >= 0.3 is 5.82 Å². The molecule has 2 aliphatic carbocycles. The molecule has 0 bridgehead atoms. The Morgan fingerprint density at radius 3 is 1.70 bits per heavy atom. The van der Waals surface area contributed by atoms with Crippen LogP contribution < -0.4 is 0 Å². The molecule has 0 spiro atoms. The largest absolute Gasteiger partial charge is 0.528 e. The van der Waals surface area contributed by atoms with Gasteiger partial charge in [0.2, 0.25) is 5.70 Å². The summed E-state index contributed by atoms with van der Waals surface area (Å²) in [5, 5.41) is 29.6. The molecule has 0 atom stereocenters. The lowest BCUT2D eigenvalue weighted by Gasteiger charge is -2.21. The van der Waals surface area contributed by atoms with Crippen molar-refractivity contribution >= 4 is 22.4 Å². The van der Waals surface area contributed by atoms with E-state index in [9.17, 15) is 15.8 Å². The molecular weight excluding hydrogens is 510 g/mol. The molecule has 0 fully saturated rings. The van der Waals surface area contributed by atoms with Gasteiger partial charge in [-0.3, -0.25) is 9.97 Å². The number of halogens is 2. The van der Waals surface area contributed by atoms with Gasteiger partial charge < -0.3 is 0 Å². The number of nitriles is 3. The lowest BCUT2D eigenvalue weighted by atomic mass is 9.81. The number of hydrogen-bond acceptors (Lipinski definition) is 5. The number of nitrogens with zero attached hydrogens (tertiary/aromatic N) is 8. The molecule has 0 aliphatic heterocycles. The van der Waals surface area contributed by atoms with Crippen LogP contribution in [0.4, 0.5) is 8.78 Å². The maximum atomic E-state index is 16.1. The second kappa shape index (κ2) is 9.63. The summed E-state index contributed by atoms with van der Waals surface area (Å²) >= 11 is 0. The molecule has 2 heterocycles. The van der Waals surface area contributed by atoms with E-state index in [0.29, 0.717) is 0 Å². The second-order valence-corrected chi connectivity index (χ2v) is 8.15. The molecule has 1 aromatic carbocycles. The number of allylic oxidation sites excluding steroid dienone is 6. The van der Waals surface area contributed by atoms with E-state index >= 15 is 8.78 Å². The highest BCUT2D eigenvalue weighted by atomic mass is 19.1. The normalized spacial score (nSPS) is 12.8. The summed E-state index contributed by atoms with van der Waals surface area (Å²) in [4.78, 5) is 18.4. The average molecular weight is 518 g/mol. The van der Waals surface area contributed by atoms with Crippen molar-refractivity contribution in [1.82, 2.24) is 9.97 Å². The van der Waals surface area contributed by atoms with E-state index in [1.54, 1.807) is 42.5 Å². The monoisotopic (exact) mass is 518 g/mol. The minimum atomic E-state index is -1.16. The third-order valence-electron chi connectivity index (χ3n) is 6.33. The molecule has 0 saturated carbocycles. The van der Waals surface area contributed by atoms with Crippen molar-refractivity contribution in [3.8, 4) is 40.7 Å². The summed E-state index contributed by atoms with van der Waals surface area (Å²) in [6.07, 6.45) is 2.80. The molecule has 2 aliphatic rings. The van der Waals surface area contributed by atoms with Crippen molar-refractivity contribution in [2.75, 3.05) is 0 Å². The van der Waals surface area contributed by atoms with E-state index in [1.807, 2.05) is 0 Å². The molecule has 3 aromatic rings. The van der Waals surface area contributed by atoms with E-state index in [4.69, 9.17) is 19.7 Å². The van der Waals surface area contributed by atoms with Crippen LogP contribution in [0.2, 0.25) is 0 Å². The molecule has 0 radical (unpaired) electrons. The first-order chi connectivity index (χ1) is 19.5. The van der Waals surface area contributed by atoms with Crippen LogP contribution in [0, 0.1) is 53.7 Å². The number of pyridine rings is 2. The molecule has 0 unspecified atom stereocenters. The van der Waals surface area contributed by atoms with Gasteiger partial charge in [0.25, 0.3) is 0 Å². The van der Waals surface area contributed by atoms with Crippen LogP contribution in [0.15, 0.2) is 71.8 Å². The standard InChI is InChI=1S/C30H8F2N8/c1-36-29-25-22(18-9-5-7-11-40-18)23-19(15(12-33)13-34)27(31)16(14-35)20(23)21(17-8-4-6-10-39-17)24(25)26(28(29)32)30(37-2)38-3/h4-11H. The highest BCUT2D eigenvalue weighted by molar-refractivity contribution is 6.19.